The van der Waals surface area contributed by atoms with E-state index in [2.05, 4.69) is 12.6 Å². The van der Waals surface area contributed by atoms with Crippen LogP contribution in [0.5, 0.6) is 0 Å². The molecule has 0 aromatic heterocycles. The first-order chi connectivity index (χ1) is 3.68. The quantitative estimate of drug-likeness (QED) is 0.632. The lowest BCUT2D eigenvalue weighted by Crippen LogP contribution is -2.12. The molecule has 0 aliphatic rings. The lowest BCUT2D eigenvalue weighted by atomic mass is 10.2. The smallest absolute Gasteiger partial charge is 0.317 e. The number of hydrogen-bond donors (Lipinski definition) is 1. The Balaban J connectivity index is 3.32. The van der Waals surface area contributed by atoms with Gasteiger partial charge in [-0.2, -0.15) is 0 Å². The predicted octanol–water partition coefficient (Wildman–Crippen LogP) is 1.44. The molecular weight excluding hydrogens is 124 g/mol. The molecule has 0 aliphatic carbocycles. The molecule has 0 aromatic rings. The van der Waals surface area contributed by atoms with Gasteiger partial charge < -0.3 is 5.11 Å². The average Bonchev–Trinajstić information content (AvgIpc) is 1.67. The van der Waals surface area contributed by atoms with Crippen molar-refractivity contribution in [1.82, 2.24) is 0 Å². The van der Waals surface area contributed by atoms with Gasteiger partial charge in [-0.1, -0.05) is 26.0 Å². The van der Waals surface area contributed by atoms with Gasteiger partial charge in [0.15, 0.2) is 0 Å². The number of carbonyl (C=O) groups is 1. The minimum Gasteiger partial charge on any atom is -0.480 e. The second kappa shape index (κ2) is 3.78. The van der Waals surface area contributed by atoms with Gasteiger partial charge in [-0.25, -0.2) is 0 Å². The summed E-state index contributed by atoms with van der Waals surface area (Å²) in [6, 6.07) is 0. The molecule has 0 aromatic carbocycles. The van der Waals surface area contributed by atoms with Gasteiger partial charge in [0.25, 0.3) is 0 Å². The van der Waals surface area contributed by atoms with Crippen LogP contribution in [0.1, 0.15) is 19.8 Å². The first-order valence-corrected chi connectivity index (χ1v) is 3.04. The maximum atomic E-state index is 9.99. The highest BCUT2D eigenvalue weighted by Crippen LogP contribution is 2.02. The van der Waals surface area contributed by atoms with Crippen LogP contribution in [-0.4, -0.2) is 16.3 Å². The van der Waals surface area contributed by atoms with Crippen LogP contribution in [-0.2, 0) is 4.79 Å². The van der Waals surface area contributed by atoms with Crippen LogP contribution in [0.3, 0.4) is 0 Å². The van der Waals surface area contributed by atoms with Crippen LogP contribution >= 0.6 is 12.6 Å². The van der Waals surface area contributed by atoms with Crippen LogP contribution in [0, 0.1) is 0 Å². The highest BCUT2D eigenvalue weighted by molar-refractivity contribution is 7.81. The van der Waals surface area contributed by atoms with Crippen LogP contribution < -0.4 is 0 Å². The van der Waals surface area contributed by atoms with Gasteiger partial charge in [0.05, 0.1) is 0 Å². The molecule has 1 N–H and O–H groups in total. The highest BCUT2D eigenvalue weighted by Gasteiger charge is 2.09. The first kappa shape index (κ1) is 7.82. The minimum atomic E-state index is -0.873. The predicted molar refractivity (Wildman–Crippen MR) is 33.9 cm³/mol. The molecule has 0 saturated carbocycles. The molecule has 0 bridgehead atoms. The molecule has 0 heterocycles. The summed E-state index contributed by atoms with van der Waals surface area (Å²) in [4.78, 5) is 9.99. The van der Waals surface area contributed by atoms with Crippen molar-refractivity contribution in [2.75, 3.05) is 0 Å². The third kappa shape index (κ3) is 2.91. The maximum Gasteiger partial charge on any atom is 0.317 e. The SMILES string of the molecule is CCCC([S])C(=O)O. The van der Waals surface area contributed by atoms with E-state index in [9.17, 15) is 4.79 Å². The van der Waals surface area contributed by atoms with E-state index in [1.165, 1.54) is 0 Å². The molecule has 47 valence electrons. The zero-order valence-corrected chi connectivity index (χ0v) is 5.57. The lowest BCUT2D eigenvalue weighted by molar-refractivity contribution is -0.136. The largest absolute Gasteiger partial charge is 0.480 e. The van der Waals surface area contributed by atoms with E-state index in [1.54, 1.807) is 0 Å². The maximum absolute atomic E-state index is 9.99. The number of aliphatic carboxylic acids is 1. The molecule has 0 rings (SSSR count). The van der Waals surface area contributed by atoms with E-state index >= 15 is 0 Å². The van der Waals surface area contributed by atoms with E-state index in [1.807, 2.05) is 6.92 Å². The zero-order valence-electron chi connectivity index (χ0n) is 4.76. The Morgan fingerprint density at radius 3 is 2.50 bits per heavy atom. The molecular formula is C5H9O2S. The van der Waals surface area contributed by atoms with Crippen LogP contribution in [0.25, 0.3) is 0 Å². The van der Waals surface area contributed by atoms with Crippen molar-refractivity contribution in [3.63, 3.8) is 0 Å². The lowest BCUT2D eigenvalue weighted by Gasteiger charge is -1.98. The third-order valence-corrected chi connectivity index (χ3v) is 1.26. The summed E-state index contributed by atoms with van der Waals surface area (Å²) in [5.41, 5.74) is 0. The Morgan fingerprint density at radius 1 is 1.88 bits per heavy atom. The van der Waals surface area contributed by atoms with Gasteiger partial charge in [-0.05, 0) is 6.42 Å². The average molecular weight is 133 g/mol. The number of rotatable bonds is 3. The number of carboxylic acid groups (broad SMARTS) is 1. The fraction of sp³-hybridized carbons (Fsp3) is 0.800. The zero-order chi connectivity index (χ0) is 6.57. The fourth-order valence-corrected chi connectivity index (χ4v) is 0.621. The van der Waals surface area contributed by atoms with Crippen LogP contribution in [0.2, 0.25) is 0 Å². The summed E-state index contributed by atoms with van der Waals surface area (Å²) < 4.78 is 0. The van der Waals surface area contributed by atoms with Gasteiger partial charge in [0, 0.05) is 0 Å². The van der Waals surface area contributed by atoms with Gasteiger partial charge in [-0.3, -0.25) is 4.79 Å². The van der Waals surface area contributed by atoms with Crippen molar-refractivity contribution in [1.29, 1.82) is 0 Å². The Labute approximate surface area is 54.3 Å². The molecule has 1 radical (unpaired) electrons. The molecule has 0 fully saturated rings. The van der Waals surface area contributed by atoms with Crippen molar-refractivity contribution in [2.24, 2.45) is 0 Å². The molecule has 0 spiro atoms. The Bertz CT molecular complexity index is 82.5. The summed E-state index contributed by atoms with van der Waals surface area (Å²) in [7, 11) is 0. The topological polar surface area (TPSA) is 37.3 Å². The second-order valence-corrected chi connectivity index (χ2v) is 2.18. The molecule has 0 saturated heterocycles. The molecule has 2 nitrogen and oxygen atoms in total. The van der Waals surface area contributed by atoms with Crippen LogP contribution in [0.15, 0.2) is 0 Å². The highest BCUT2D eigenvalue weighted by atomic mass is 32.1. The van der Waals surface area contributed by atoms with Crippen molar-refractivity contribution < 1.29 is 9.90 Å². The monoisotopic (exact) mass is 133 g/mol. The molecule has 1 atom stereocenters. The third-order valence-electron chi connectivity index (χ3n) is 0.826. The summed E-state index contributed by atoms with van der Waals surface area (Å²) in [5, 5.41) is 7.63. The second-order valence-electron chi connectivity index (χ2n) is 1.62. The number of carboxylic acids is 1. The number of hydrogen-bond acceptors (Lipinski definition) is 1. The van der Waals surface area contributed by atoms with E-state index in [-0.39, 0.29) is 0 Å². The van der Waals surface area contributed by atoms with Gasteiger partial charge >= 0.3 is 5.97 Å². The van der Waals surface area contributed by atoms with E-state index in [0.717, 1.165) is 6.42 Å². The Morgan fingerprint density at radius 2 is 2.38 bits per heavy atom. The van der Waals surface area contributed by atoms with Gasteiger partial charge in [-0.15, -0.1) is 0 Å². The minimum absolute atomic E-state index is 0.583. The van der Waals surface area contributed by atoms with E-state index in [0.29, 0.717) is 6.42 Å². The van der Waals surface area contributed by atoms with Gasteiger partial charge in [0.2, 0.25) is 0 Å². The molecule has 8 heavy (non-hydrogen) atoms. The summed E-state index contributed by atoms with van der Waals surface area (Å²) in [6.07, 6.45) is 1.45. The molecule has 0 amide bonds. The van der Waals surface area contributed by atoms with Gasteiger partial charge in [0.1, 0.15) is 5.25 Å². The van der Waals surface area contributed by atoms with Crippen molar-refractivity contribution in [3.8, 4) is 0 Å². The standard InChI is InChI=1S/C5H9O2S/c1-2-3-4(8)5(6)7/h4H,2-3H2,1H3,(H,6,7). The summed E-state index contributed by atoms with van der Waals surface area (Å²) in [6.45, 7) is 1.92. The van der Waals surface area contributed by atoms with Crippen LogP contribution in [0.4, 0.5) is 0 Å². The van der Waals surface area contributed by atoms with Crippen molar-refractivity contribution in [2.45, 2.75) is 25.0 Å². The molecule has 3 heteroatoms. The summed E-state index contributed by atoms with van der Waals surface area (Å²) >= 11 is 4.56. The molecule has 0 aliphatic heterocycles. The molecule has 1 unspecified atom stereocenters. The van der Waals surface area contributed by atoms with Crippen molar-refractivity contribution >= 4 is 18.6 Å². The van der Waals surface area contributed by atoms with Crippen molar-refractivity contribution in [3.05, 3.63) is 0 Å². The summed E-state index contributed by atoms with van der Waals surface area (Å²) in [5.74, 6) is -0.873. The first-order valence-electron chi connectivity index (χ1n) is 2.57. The fourth-order valence-electron chi connectivity index (χ4n) is 0.386. The Hall–Kier alpha value is -0.180. The Kier molecular flexibility index (Phi) is 3.69. The van der Waals surface area contributed by atoms with E-state index < -0.39 is 11.2 Å². The van der Waals surface area contributed by atoms with E-state index in [4.69, 9.17) is 5.11 Å². The normalized spacial score (nSPS) is 13.2.